The molecular weight excluding hydrogens is 428 g/mol. The number of ether oxygens (including phenoxy) is 2. The van der Waals surface area contributed by atoms with Crippen LogP contribution < -0.4 is 5.32 Å². The molecule has 0 radical (unpaired) electrons. The van der Waals surface area contributed by atoms with Crippen LogP contribution in [0.1, 0.15) is 22.8 Å². The molecule has 3 aromatic rings. The van der Waals surface area contributed by atoms with Gasteiger partial charge in [0.15, 0.2) is 11.6 Å². The van der Waals surface area contributed by atoms with E-state index in [4.69, 9.17) is 9.47 Å². The third kappa shape index (κ3) is 4.74. The molecule has 0 saturated heterocycles. The Morgan fingerprint density at radius 1 is 1.11 bits per heavy atom. The van der Waals surface area contributed by atoms with E-state index in [2.05, 4.69) is 31.3 Å². The van der Waals surface area contributed by atoms with Gasteiger partial charge >= 0.3 is 12.1 Å². The molecule has 2 heterocycles. The molecule has 3 rings (SSSR count). The number of hydrogen-bond acceptors (Lipinski definition) is 6. The zero-order chi connectivity index (χ0) is 19.9. The van der Waals surface area contributed by atoms with Crippen molar-refractivity contribution in [1.29, 1.82) is 0 Å². The van der Waals surface area contributed by atoms with Gasteiger partial charge < -0.3 is 9.47 Å². The second-order valence-corrected chi connectivity index (χ2v) is 6.48. The van der Waals surface area contributed by atoms with Gasteiger partial charge in [0.25, 0.3) is 0 Å². The molecule has 9 heteroatoms. The summed E-state index contributed by atoms with van der Waals surface area (Å²) in [5, 5.41) is 6.73. The maximum absolute atomic E-state index is 12.3. The largest absolute Gasteiger partial charge is 0.462 e. The number of halogens is 1. The summed E-state index contributed by atoms with van der Waals surface area (Å²) in [6.07, 6.45) is 2.17. The molecule has 0 unspecified atom stereocenters. The van der Waals surface area contributed by atoms with Crippen LogP contribution in [-0.4, -0.2) is 33.4 Å². The molecule has 0 bridgehead atoms. The van der Waals surface area contributed by atoms with Crippen molar-refractivity contribution in [3.05, 3.63) is 70.5 Å². The molecule has 1 N–H and O–H groups in total. The van der Waals surface area contributed by atoms with Gasteiger partial charge in [-0.2, -0.15) is 9.78 Å². The highest BCUT2D eigenvalue weighted by Gasteiger charge is 2.22. The molecular formula is C19H17BrN4O4. The molecule has 144 valence electrons. The van der Waals surface area contributed by atoms with Crippen molar-refractivity contribution < 1.29 is 19.1 Å². The highest BCUT2D eigenvalue weighted by molar-refractivity contribution is 9.10. The minimum Gasteiger partial charge on any atom is -0.462 e. The summed E-state index contributed by atoms with van der Waals surface area (Å²) in [5.74, 6) is -0.0762. The average Bonchev–Trinajstić information content (AvgIpc) is 3.11. The number of rotatable bonds is 6. The second-order valence-electron chi connectivity index (χ2n) is 5.56. The maximum Gasteiger partial charge on any atom is 0.413 e. The van der Waals surface area contributed by atoms with Crippen LogP contribution in [-0.2, 0) is 16.1 Å². The monoisotopic (exact) mass is 444 g/mol. The van der Waals surface area contributed by atoms with Crippen LogP contribution in [0.25, 0.3) is 5.82 Å². The minimum atomic E-state index is -0.728. The van der Waals surface area contributed by atoms with Gasteiger partial charge in [0.05, 0.1) is 12.8 Å². The molecule has 0 aliphatic rings. The number of carbonyl (C=O) groups excluding carboxylic acids is 2. The van der Waals surface area contributed by atoms with Crippen molar-refractivity contribution in [3.8, 4) is 5.82 Å². The molecule has 28 heavy (non-hydrogen) atoms. The van der Waals surface area contributed by atoms with Crippen LogP contribution in [0.15, 0.2) is 59.3 Å². The van der Waals surface area contributed by atoms with Crippen LogP contribution >= 0.6 is 15.9 Å². The van der Waals surface area contributed by atoms with Crippen LogP contribution in [0.2, 0.25) is 0 Å². The summed E-state index contributed by atoms with van der Waals surface area (Å²) in [5.41, 5.74) is 0.939. The first-order valence-corrected chi connectivity index (χ1v) is 9.22. The molecule has 0 aliphatic carbocycles. The second kappa shape index (κ2) is 9.14. The highest BCUT2D eigenvalue weighted by Crippen LogP contribution is 2.21. The first-order chi connectivity index (χ1) is 13.6. The molecule has 1 amide bonds. The molecule has 0 spiro atoms. The Morgan fingerprint density at radius 2 is 1.89 bits per heavy atom. The zero-order valence-corrected chi connectivity index (χ0v) is 16.5. The van der Waals surface area contributed by atoms with E-state index in [1.54, 1.807) is 25.3 Å². The Kier molecular flexibility index (Phi) is 6.38. The van der Waals surface area contributed by atoms with Crippen molar-refractivity contribution in [2.75, 3.05) is 11.9 Å². The lowest BCUT2D eigenvalue weighted by Crippen LogP contribution is -2.19. The lowest BCUT2D eigenvalue weighted by Gasteiger charge is -2.11. The molecule has 8 nitrogen and oxygen atoms in total. The van der Waals surface area contributed by atoms with Crippen LogP contribution in [0.3, 0.4) is 0 Å². The number of carbonyl (C=O) groups is 2. The van der Waals surface area contributed by atoms with E-state index in [9.17, 15) is 9.59 Å². The van der Waals surface area contributed by atoms with E-state index >= 15 is 0 Å². The van der Waals surface area contributed by atoms with Gasteiger partial charge in [-0.3, -0.25) is 5.32 Å². The first kappa shape index (κ1) is 19.6. The quantitative estimate of drug-likeness (QED) is 0.578. The van der Waals surface area contributed by atoms with Gasteiger partial charge in [-0.1, -0.05) is 30.3 Å². The van der Waals surface area contributed by atoms with E-state index in [0.717, 1.165) is 10.0 Å². The number of nitrogens with zero attached hydrogens (tertiary/aromatic N) is 3. The van der Waals surface area contributed by atoms with Crippen molar-refractivity contribution >= 4 is 33.8 Å². The molecule has 2 aromatic heterocycles. The van der Waals surface area contributed by atoms with Gasteiger partial charge in [0.1, 0.15) is 12.2 Å². The van der Waals surface area contributed by atoms with Gasteiger partial charge in [0.2, 0.25) is 0 Å². The van der Waals surface area contributed by atoms with E-state index in [1.165, 1.54) is 10.9 Å². The fourth-order valence-corrected chi connectivity index (χ4v) is 2.58. The van der Waals surface area contributed by atoms with Crippen molar-refractivity contribution in [2.24, 2.45) is 0 Å². The normalized spacial score (nSPS) is 10.4. The number of nitrogens with one attached hydrogen (secondary N) is 1. The molecule has 0 atom stereocenters. The Hall–Kier alpha value is -3.20. The van der Waals surface area contributed by atoms with Crippen molar-refractivity contribution in [1.82, 2.24) is 14.8 Å². The van der Waals surface area contributed by atoms with Gasteiger partial charge in [0, 0.05) is 10.7 Å². The Morgan fingerprint density at radius 3 is 2.57 bits per heavy atom. The Labute approximate surface area is 169 Å². The summed E-state index contributed by atoms with van der Waals surface area (Å²) < 4.78 is 12.4. The number of esters is 1. The molecule has 1 aromatic carbocycles. The molecule has 0 saturated carbocycles. The maximum atomic E-state index is 12.3. The Bertz CT molecular complexity index is 958. The lowest BCUT2D eigenvalue weighted by atomic mass is 10.2. The van der Waals surface area contributed by atoms with E-state index in [-0.39, 0.29) is 24.6 Å². The first-order valence-electron chi connectivity index (χ1n) is 8.43. The number of benzene rings is 1. The smallest absolute Gasteiger partial charge is 0.413 e. The number of anilines is 1. The molecule has 0 aliphatic heterocycles. The average molecular weight is 445 g/mol. The number of pyridine rings is 1. The van der Waals surface area contributed by atoms with Crippen molar-refractivity contribution in [2.45, 2.75) is 13.5 Å². The van der Waals surface area contributed by atoms with Gasteiger partial charge in [-0.25, -0.2) is 14.6 Å². The zero-order valence-electron chi connectivity index (χ0n) is 15.0. The van der Waals surface area contributed by atoms with E-state index in [0.29, 0.717) is 5.82 Å². The number of hydrogen-bond donors (Lipinski definition) is 1. The molecule has 0 fully saturated rings. The van der Waals surface area contributed by atoms with Gasteiger partial charge in [-0.05, 0) is 40.5 Å². The SMILES string of the molecule is CCOC(=O)c1cnn(-c2ccc(Br)cn2)c1NC(=O)OCc1ccccc1. The van der Waals surface area contributed by atoms with Crippen LogP contribution in [0, 0.1) is 0 Å². The fourth-order valence-electron chi connectivity index (χ4n) is 2.35. The topological polar surface area (TPSA) is 95.3 Å². The predicted molar refractivity (Wildman–Crippen MR) is 105 cm³/mol. The van der Waals surface area contributed by atoms with Crippen LogP contribution in [0.4, 0.5) is 10.6 Å². The summed E-state index contributed by atoms with van der Waals surface area (Å²) >= 11 is 3.31. The highest BCUT2D eigenvalue weighted by atomic mass is 79.9. The van der Waals surface area contributed by atoms with E-state index in [1.807, 2.05) is 30.3 Å². The fraction of sp³-hybridized carbons (Fsp3) is 0.158. The third-order valence-corrected chi connectivity index (χ3v) is 4.10. The van der Waals surface area contributed by atoms with E-state index < -0.39 is 12.1 Å². The predicted octanol–water partition coefficient (Wildman–Crippen LogP) is 3.96. The van der Waals surface area contributed by atoms with Gasteiger partial charge in [-0.15, -0.1) is 0 Å². The standard InChI is InChI=1S/C19H17BrN4O4/c1-2-27-18(25)15-11-22-24(16-9-8-14(20)10-21-16)17(15)23-19(26)28-12-13-6-4-3-5-7-13/h3-11H,2,12H2,1H3,(H,23,26). The summed E-state index contributed by atoms with van der Waals surface area (Å²) in [6.45, 7) is 1.98. The summed E-state index contributed by atoms with van der Waals surface area (Å²) in [6, 6.07) is 12.7. The summed E-state index contributed by atoms with van der Waals surface area (Å²) in [7, 11) is 0. The van der Waals surface area contributed by atoms with Crippen molar-refractivity contribution in [3.63, 3.8) is 0 Å². The number of aromatic nitrogens is 3. The Balaban J connectivity index is 1.83. The third-order valence-electron chi connectivity index (χ3n) is 3.63. The summed E-state index contributed by atoms with van der Waals surface area (Å²) in [4.78, 5) is 28.8. The minimum absolute atomic E-state index is 0.0894. The lowest BCUT2D eigenvalue weighted by molar-refractivity contribution is 0.0527. The van der Waals surface area contributed by atoms with Crippen LogP contribution in [0.5, 0.6) is 0 Å². The number of amides is 1.